The van der Waals surface area contributed by atoms with Crippen molar-refractivity contribution in [1.82, 2.24) is 0 Å². The van der Waals surface area contributed by atoms with Crippen molar-refractivity contribution in [2.45, 2.75) is 47.0 Å². The highest BCUT2D eigenvalue weighted by atomic mass is 16.5. The average molecular weight is 585 g/mol. The van der Waals surface area contributed by atoms with Gasteiger partial charge in [0.2, 0.25) is 0 Å². The van der Waals surface area contributed by atoms with Crippen molar-refractivity contribution in [3.63, 3.8) is 0 Å². The van der Waals surface area contributed by atoms with E-state index in [4.69, 9.17) is 18.9 Å². The third kappa shape index (κ3) is 7.90. The monoisotopic (exact) mass is 584 g/mol. The van der Waals surface area contributed by atoms with Crippen molar-refractivity contribution in [3.05, 3.63) is 160 Å². The van der Waals surface area contributed by atoms with Gasteiger partial charge >= 0.3 is 0 Å². The second-order valence-corrected chi connectivity index (χ2v) is 10.9. The van der Waals surface area contributed by atoms with Crippen molar-refractivity contribution in [3.8, 4) is 23.0 Å². The molecule has 5 aromatic carbocycles. The Labute approximate surface area is 261 Å². The summed E-state index contributed by atoms with van der Waals surface area (Å²) in [7, 11) is 1.69. The first kappa shape index (κ1) is 30.5. The van der Waals surface area contributed by atoms with E-state index < -0.39 is 0 Å². The van der Waals surface area contributed by atoms with Crippen molar-refractivity contribution in [1.29, 1.82) is 0 Å². The van der Waals surface area contributed by atoms with Crippen LogP contribution >= 0.6 is 0 Å². The molecule has 0 saturated heterocycles. The molecule has 0 aromatic heterocycles. The SMILES string of the molecule is COc1ccccc1COc1c(C)c(C)cc(C)c1C=CCc1ccc(OCc2ccccc2)cc1OCc1ccccc1. The highest BCUT2D eigenvalue weighted by molar-refractivity contribution is 5.65. The van der Waals surface area contributed by atoms with E-state index in [2.05, 4.69) is 69.3 Å². The zero-order valence-corrected chi connectivity index (χ0v) is 26.0. The zero-order valence-electron chi connectivity index (χ0n) is 26.0. The van der Waals surface area contributed by atoms with Gasteiger partial charge in [0.05, 0.1) is 7.11 Å². The highest BCUT2D eigenvalue weighted by Gasteiger charge is 2.13. The molecule has 0 aliphatic rings. The second-order valence-electron chi connectivity index (χ2n) is 10.9. The number of ether oxygens (including phenoxy) is 4. The topological polar surface area (TPSA) is 36.9 Å². The lowest BCUT2D eigenvalue weighted by atomic mass is 9.98. The largest absolute Gasteiger partial charge is 0.496 e. The normalized spacial score (nSPS) is 11.0. The first-order valence-electron chi connectivity index (χ1n) is 15.0. The summed E-state index contributed by atoms with van der Waals surface area (Å²) in [5.74, 6) is 3.32. The first-order valence-corrected chi connectivity index (χ1v) is 15.0. The third-order valence-electron chi connectivity index (χ3n) is 7.75. The van der Waals surface area contributed by atoms with Crippen LogP contribution in [0.25, 0.3) is 6.08 Å². The van der Waals surface area contributed by atoms with Crippen LogP contribution in [0, 0.1) is 20.8 Å². The Morgan fingerprint density at radius 2 is 1.23 bits per heavy atom. The van der Waals surface area contributed by atoms with Gasteiger partial charge in [0, 0.05) is 17.2 Å². The summed E-state index contributed by atoms with van der Waals surface area (Å²) in [5, 5.41) is 0. The number of methoxy groups -OCH3 is 1. The molecule has 0 bridgehead atoms. The van der Waals surface area contributed by atoms with E-state index in [1.807, 2.05) is 72.8 Å². The van der Waals surface area contributed by atoms with Crippen LogP contribution in [0.3, 0.4) is 0 Å². The minimum absolute atomic E-state index is 0.427. The van der Waals surface area contributed by atoms with E-state index in [1.54, 1.807) is 7.11 Å². The average Bonchev–Trinajstić information content (AvgIpc) is 3.06. The molecule has 0 unspecified atom stereocenters. The summed E-state index contributed by atoms with van der Waals surface area (Å²) < 4.78 is 24.5. The summed E-state index contributed by atoms with van der Waals surface area (Å²) in [6, 6.07) is 36.7. The molecule has 4 nitrogen and oxygen atoms in total. The van der Waals surface area contributed by atoms with Gasteiger partial charge in [0.15, 0.2) is 0 Å². The van der Waals surface area contributed by atoms with E-state index in [0.29, 0.717) is 26.2 Å². The quantitative estimate of drug-likeness (QED) is 0.138. The molecule has 5 aromatic rings. The Hall–Kier alpha value is -4.96. The number of para-hydroxylation sites is 1. The van der Waals surface area contributed by atoms with Gasteiger partial charge < -0.3 is 18.9 Å². The summed E-state index contributed by atoms with van der Waals surface area (Å²) in [4.78, 5) is 0. The van der Waals surface area contributed by atoms with Crippen LogP contribution < -0.4 is 18.9 Å². The third-order valence-corrected chi connectivity index (χ3v) is 7.75. The van der Waals surface area contributed by atoms with Crippen molar-refractivity contribution in [2.24, 2.45) is 0 Å². The maximum absolute atomic E-state index is 6.48. The van der Waals surface area contributed by atoms with Gasteiger partial charge in [-0.25, -0.2) is 0 Å². The molecule has 5 rings (SSSR count). The second kappa shape index (κ2) is 15.0. The van der Waals surface area contributed by atoms with Crippen LogP contribution in [-0.2, 0) is 26.2 Å². The molecule has 0 N–H and O–H groups in total. The van der Waals surface area contributed by atoms with Gasteiger partial charge in [-0.15, -0.1) is 0 Å². The number of rotatable bonds is 13. The standard InChI is InChI=1S/C40H40O4/c1-29-24-30(2)37(40(31(29)3)44-28-35-18-11-12-21-38(35)41-4)20-13-19-34-22-23-36(42-26-32-14-7-5-8-15-32)25-39(34)43-27-33-16-9-6-10-17-33/h5-18,20-25H,19,26-28H2,1-4H3. The fourth-order valence-corrected chi connectivity index (χ4v) is 5.14. The van der Waals surface area contributed by atoms with E-state index in [-0.39, 0.29) is 0 Å². The fraction of sp³-hybridized carbons (Fsp3) is 0.200. The molecule has 0 saturated carbocycles. The fourth-order valence-electron chi connectivity index (χ4n) is 5.14. The number of aryl methyl sites for hydroxylation is 2. The van der Waals surface area contributed by atoms with E-state index >= 15 is 0 Å². The van der Waals surface area contributed by atoms with E-state index in [1.165, 1.54) is 11.1 Å². The highest BCUT2D eigenvalue weighted by Crippen LogP contribution is 2.33. The predicted molar refractivity (Wildman–Crippen MR) is 179 cm³/mol. The molecule has 0 heterocycles. The maximum atomic E-state index is 6.48. The molecule has 0 aliphatic carbocycles. The predicted octanol–water partition coefficient (Wildman–Crippen LogP) is 9.61. The lowest BCUT2D eigenvalue weighted by Crippen LogP contribution is -2.03. The minimum atomic E-state index is 0.427. The van der Waals surface area contributed by atoms with Gasteiger partial charge in [0.25, 0.3) is 0 Å². The molecule has 0 aliphatic heterocycles. The van der Waals surface area contributed by atoms with Crippen LogP contribution in [0.5, 0.6) is 23.0 Å². The zero-order chi connectivity index (χ0) is 30.7. The van der Waals surface area contributed by atoms with Crippen LogP contribution in [-0.4, -0.2) is 7.11 Å². The Balaban J connectivity index is 1.37. The molecular weight excluding hydrogens is 544 g/mol. The van der Waals surface area contributed by atoms with Crippen molar-refractivity contribution >= 4 is 6.08 Å². The first-order chi connectivity index (χ1) is 21.5. The van der Waals surface area contributed by atoms with Crippen LogP contribution in [0.1, 0.15) is 44.5 Å². The molecule has 0 spiro atoms. The van der Waals surface area contributed by atoms with Crippen LogP contribution in [0.2, 0.25) is 0 Å². The van der Waals surface area contributed by atoms with Crippen LogP contribution in [0.4, 0.5) is 0 Å². The molecule has 0 radical (unpaired) electrons. The molecule has 224 valence electrons. The number of hydrogen-bond acceptors (Lipinski definition) is 4. The lowest BCUT2D eigenvalue weighted by Gasteiger charge is -2.18. The Morgan fingerprint density at radius 3 is 1.93 bits per heavy atom. The smallest absolute Gasteiger partial charge is 0.130 e. The Bertz CT molecular complexity index is 1690. The summed E-state index contributed by atoms with van der Waals surface area (Å²) in [6.07, 6.45) is 5.05. The van der Waals surface area contributed by atoms with Gasteiger partial charge in [-0.2, -0.15) is 0 Å². The van der Waals surface area contributed by atoms with Crippen LogP contribution in [0.15, 0.2) is 115 Å². The molecule has 44 heavy (non-hydrogen) atoms. The van der Waals surface area contributed by atoms with Gasteiger partial charge in [-0.3, -0.25) is 0 Å². The van der Waals surface area contributed by atoms with Gasteiger partial charge in [-0.1, -0.05) is 103 Å². The molecular formula is C40H40O4. The number of allylic oxidation sites excluding steroid dienone is 1. The summed E-state index contributed by atoms with van der Waals surface area (Å²) >= 11 is 0. The lowest BCUT2D eigenvalue weighted by molar-refractivity contribution is 0.288. The molecule has 0 fully saturated rings. The molecule has 4 heteroatoms. The van der Waals surface area contributed by atoms with E-state index in [9.17, 15) is 0 Å². The molecule has 0 amide bonds. The number of hydrogen-bond donors (Lipinski definition) is 0. The van der Waals surface area contributed by atoms with E-state index in [0.717, 1.165) is 56.4 Å². The van der Waals surface area contributed by atoms with Crippen molar-refractivity contribution in [2.75, 3.05) is 7.11 Å². The van der Waals surface area contributed by atoms with Crippen molar-refractivity contribution < 1.29 is 18.9 Å². The summed E-state index contributed by atoms with van der Waals surface area (Å²) in [5.41, 5.74) is 8.93. The Morgan fingerprint density at radius 1 is 0.568 bits per heavy atom. The molecule has 0 atom stereocenters. The maximum Gasteiger partial charge on any atom is 0.130 e. The van der Waals surface area contributed by atoms with Gasteiger partial charge in [0.1, 0.15) is 42.8 Å². The number of benzene rings is 5. The summed E-state index contributed by atoms with van der Waals surface area (Å²) in [6.45, 7) is 7.79. The minimum Gasteiger partial charge on any atom is -0.496 e. The Kier molecular flexibility index (Phi) is 10.4. The van der Waals surface area contributed by atoms with Gasteiger partial charge in [-0.05, 0) is 72.7 Å².